The Hall–Kier alpha value is -0.830. The van der Waals surface area contributed by atoms with E-state index in [0.29, 0.717) is 0 Å². The molecule has 0 spiro atoms. The van der Waals surface area contributed by atoms with Crippen molar-refractivity contribution in [2.75, 3.05) is 6.54 Å². The first-order valence-electron chi connectivity index (χ1n) is 6.25. The molecule has 0 aliphatic heterocycles. The third-order valence-electron chi connectivity index (χ3n) is 3.44. The van der Waals surface area contributed by atoms with Crippen molar-refractivity contribution in [1.29, 1.82) is 0 Å². The Morgan fingerprint density at radius 1 is 1.50 bits per heavy atom. The number of carboxylic acids is 1. The zero-order valence-electron chi connectivity index (χ0n) is 10.3. The first-order chi connectivity index (χ1) is 7.61. The summed E-state index contributed by atoms with van der Waals surface area (Å²) in [5.74, 6) is -1.04. The van der Waals surface area contributed by atoms with E-state index in [1.807, 2.05) is 6.92 Å². The molecule has 0 bridgehead atoms. The van der Waals surface area contributed by atoms with Crippen LogP contribution in [0.25, 0.3) is 0 Å². The fourth-order valence-corrected chi connectivity index (χ4v) is 1.98. The molecule has 0 aromatic carbocycles. The van der Waals surface area contributed by atoms with E-state index in [4.69, 9.17) is 5.11 Å². The molecule has 0 saturated heterocycles. The second-order valence-electron chi connectivity index (χ2n) is 4.73. The molecule has 1 rings (SSSR count). The lowest BCUT2D eigenvalue weighted by molar-refractivity contribution is -0.141. The maximum Gasteiger partial charge on any atom is 0.307 e. The summed E-state index contributed by atoms with van der Waals surface area (Å²) in [7, 11) is 0. The highest BCUT2D eigenvalue weighted by atomic mass is 16.4. The number of aliphatic carboxylic acids is 1. The first kappa shape index (κ1) is 13.2. The SMILES string of the molecule is CC(NCCC1=CCCCC1)C(C)C(=O)O. The van der Waals surface area contributed by atoms with Gasteiger partial charge in [0.1, 0.15) is 0 Å². The van der Waals surface area contributed by atoms with Gasteiger partial charge in [0.2, 0.25) is 0 Å². The van der Waals surface area contributed by atoms with E-state index in [-0.39, 0.29) is 12.0 Å². The molecule has 3 nitrogen and oxygen atoms in total. The van der Waals surface area contributed by atoms with Crippen LogP contribution < -0.4 is 5.32 Å². The molecule has 0 saturated carbocycles. The zero-order chi connectivity index (χ0) is 12.0. The summed E-state index contributed by atoms with van der Waals surface area (Å²) in [5.41, 5.74) is 1.54. The second kappa shape index (κ2) is 6.69. The predicted octanol–water partition coefficient (Wildman–Crippen LogP) is 2.58. The molecule has 2 N–H and O–H groups in total. The van der Waals surface area contributed by atoms with Gasteiger partial charge in [0.15, 0.2) is 0 Å². The van der Waals surface area contributed by atoms with Crippen molar-refractivity contribution >= 4 is 5.97 Å². The molecule has 3 heteroatoms. The van der Waals surface area contributed by atoms with Crippen LogP contribution >= 0.6 is 0 Å². The molecule has 0 heterocycles. The lowest BCUT2D eigenvalue weighted by Gasteiger charge is -2.19. The number of rotatable bonds is 6. The third kappa shape index (κ3) is 4.35. The van der Waals surface area contributed by atoms with Crippen LogP contribution in [0.1, 0.15) is 46.0 Å². The van der Waals surface area contributed by atoms with Crippen molar-refractivity contribution in [2.45, 2.75) is 52.0 Å². The number of carbonyl (C=O) groups is 1. The van der Waals surface area contributed by atoms with Gasteiger partial charge in [-0.05, 0) is 45.6 Å². The Balaban J connectivity index is 2.19. The quantitative estimate of drug-likeness (QED) is 0.683. The maximum atomic E-state index is 10.8. The van der Waals surface area contributed by atoms with Gasteiger partial charge >= 0.3 is 5.97 Å². The van der Waals surface area contributed by atoms with Crippen molar-refractivity contribution in [3.63, 3.8) is 0 Å². The monoisotopic (exact) mass is 225 g/mol. The average molecular weight is 225 g/mol. The molecular formula is C13H23NO2. The van der Waals surface area contributed by atoms with Crippen molar-refractivity contribution in [3.05, 3.63) is 11.6 Å². The fraction of sp³-hybridized carbons (Fsp3) is 0.769. The molecule has 0 aromatic heterocycles. The molecule has 2 unspecified atom stereocenters. The van der Waals surface area contributed by atoms with Crippen LogP contribution in [0.3, 0.4) is 0 Å². The normalized spacial score (nSPS) is 20.0. The molecule has 16 heavy (non-hydrogen) atoms. The molecule has 2 atom stereocenters. The molecule has 1 aliphatic carbocycles. The topological polar surface area (TPSA) is 49.3 Å². The van der Waals surface area contributed by atoms with Gasteiger partial charge in [-0.3, -0.25) is 4.79 Å². The molecule has 0 aromatic rings. The highest BCUT2D eigenvalue weighted by Crippen LogP contribution is 2.19. The number of hydrogen-bond acceptors (Lipinski definition) is 2. The predicted molar refractivity (Wildman–Crippen MR) is 65.4 cm³/mol. The summed E-state index contributed by atoms with van der Waals surface area (Å²) in [6, 6.07) is 0.0432. The minimum absolute atomic E-state index is 0.0432. The van der Waals surface area contributed by atoms with Crippen LogP contribution in [-0.2, 0) is 4.79 Å². The van der Waals surface area contributed by atoms with Gasteiger partial charge in [-0.2, -0.15) is 0 Å². The van der Waals surface area contributed by atoms with Crippen LogP contribution in [0.2, 0.25) is 0 Å². The van der Waals surface area contributed by atoms with E-state index < -0.39 is 5.97 Å². The average Bonchev–Trinajstić information content (AvgIpc) is 2.29. The standard InChI is InChI=1S/C13H23NO2/c1-10(13(15)16)11(2)14-9-8-12-6-4-3-5-7-12/h6,10-11,14H,3-5,7-9H2,1-2H3,(H,15,16). The largest absolute Gasteiger partial charge is 0.481 e. The van der Waals surface area contributed by atoms with Crippen LogP contribution in [-0.4, -0.2) is 23.7 Å². The Kier molecular flexibility index (Phi) is 5.53. The van der Waals surface area contributed by atoms with Crippen LogP contribution in [0.5, 0.6) is 0 Å². The summed E-state index contributed by atoms with van der Waals surface area (Å²) in [4.78, 5) is 10.8. The summed E-state index contributed by atoms with van der Waals surface area (Å²) >= 11 is 0. The molecular weight excluding hydrogens is 202 g/mol. The molecule has 92 valence electrons. The Bertz CT molecular complexity index is 261. The number of carboxylic acid groups (broad SMARTS) is 1. The van der Waals surface area contributed by atoms with Gasteiger partial charge in [0, 0.05) is 6.04 Å². The third-order valence-corrected chi connectivity index (χ3v) is 3.44. The van der Waals surface area contributed by atoms with E-state index in [0.717, 1.165) is 13.0 Å². The van der Waals surface area contributed by atoms with Gasteiger partial charge < -0.3 is 10.4 Å². The minimum Gasteiger partial charge on any atom is -0.481 e. The summed E-state index contributed by atoms with van der Waals surface area (Å²) in [6.45, 7) is 4.58. The van der Waals surface area contributed by atoms with Crippen molar-refractivity contribution in [1.82, 2.24) is 5.32 Å². The molecule has 1 aliphatic rings. The van der Waals surface area contributed by atoms with Crippen LogP contribution in [0.15, 0.2) is 11.6 Å². The lowest BCUT2D eigenvalue weighted by atomic mass is 9.97. The van der Waals surface area contributed by atoms with Gasteiger partial charge in [0.05, 0.1) is 5.92 Å². The molecule has 0 radical (unpaired) electrons. The summed E-state index contributed by atoms with van der Waals surface area (Å²) in [5, 5.41) is 12.1. The van der Waals surface area contributed by atoms with E-state index in [2.05, 4.69) is 11.4 Å². The number of allylic oxidation sites excluding steroid dienone is 1. The van der Waals surface area contributed by atoms with Crippen molar-refractivity contribution in [2.24, 2.45) is 5.92 Å². The zero-order valence-corrected chi connectivity index (χ0v) is 10.3. The number of hydrogen-bond donors (Lipinski definition) is 2. The van der Waals surface area contributed by atoms with Crippen LogP contribution in [0, 0.1) is 5.92 Å². The Morgan fingerprint density at radius 3 is 2.81 bits per heavy atom. The minimum atomic E-state index is -0.725. The van der Waals surface area contributed by atoms with Gasteiger partial charge in [-0.15, -0.1) is 0 Å². The van der Waals surface area contributed by atoms with Crippen molar-refractivity contribution in [3.8, 4) is 0 Å². The Labute approximate surface area is 97.9 Å². The molecule has 0 fully saturated rings. The second-order valence-corrected chi connectivity index (χ2v) is 4.73. The maximum absolute atomic E-state index is 10.8. The van der Waals surface area contributed by atoms with Crippen LogP contribution in [0.4, 0.5) is 0 Å². The summed E-state index contributed by atoms with van der Waals surface area (Å²) < 4.78 is 0. The van der Waals surface area contributed by atoms with E-state index in [1.165, 1.54) is 31.3 Å². The highest BCUT2D eigenvalue weighted by molar-refractivity contribution is 5.70. The van der Waals surface area contributed by atoms with Gasteiger partial charge in [-0.25, -0.2) is 0 Å². The van der Waals surface area contributed by atoms with E-state index in [9.17, 15) is 4.79 Å². The highest BCUT2D eigenvalue weighted by Gasteiger charge is 2.18. The fourth-order valence-electron chi connectivity index (χ4n) is 1.98. The van der Waals surface area contributed by atoms with E-state index in [1.54, 1.807) is 6.92 Å². The number of nitrogens with one attached hydrogen (secondary N) is 1. The lowest BCUT2D eigenvalue weighted by Crippen LogP contribution is -2.36. The van der Waals surface area contributed by atoms with Gasteiger partial charge in [-0.1, -0.05) is 18.6 Å². The smallest absolute Gasteiger partial charge is 0.307 e. The van der Waals surface area contributed by atoms with Crippen molar-refractivity contribution < 1.29 is 9.90 Å². The molecule has 0 amide bonds. The first-order valence-corrected chi connectivity index (χ1v) is 6.25. The van der Waals surface area contributed by atoms with E-state index >= 15 is 0 Å². The summed E-state index contributed by atoms with van der Waals surface area (Å²) in [6.07, 6.45) is 8.49. The van der Waals surface area contributed by atoms with Gasteiger partial charge in [0.25, 0.3) is 0 Å². The Morgan fingerprint density at radius 2 is 2.25 bits per heavy atom.